The average molecular weight is 428 g/mol. The van der Waals surface area contributed by atoms with Gasteiger partial charge in [0.15, 0.2) is 5.06 Å². The first-order valence-corrected chi connectivity index (χ1v) is 10.5. The molecule has 1 aromatic heterocycles. The van der Waals surface area contributed by atoms with E-state index >= 15 is 0 Å². The molecular weight excluding hydrogens is 398 g/mol. The van der Waals surface area contributed by atoms with E-state index in [9.17, 15) is 5.11 Å². The fourth-order valence-corrected chi connectivity index (χ4v) is 3.84. The molecule has 6 nitrogen and oxygen atoms in total. The fraction of sp³-hybridized carbons (Fsp3) is 0.550. The van der Waals surface area contributed by atoms with Crippen LogP contribution in [0.2, 0.25) is 0 Å². The first-order chi connectivity index (χ1) is 13.2. The Morgan fingerprint density at radius 1 is 1.18 bits per heavy atom. The summed E-state index contributed by atoms with van der Waals surface area (Å²) in [5.74, 6) is 0.959. The molecule has 0 spiro atoms. The van der Waals surface area contributed by atoms with Crippen molar-refractivity contribution in [3.05, 3.63) is 35.5 Å². The van der Waals surface area contributed by atoms with Crippen molar-refractivity contribution < 1.29 is 14.6 Å². The third kappa shape index (κ3) is 6.24. The number of anilines is 1. The summed E-state index contributed by atoms with van der Waals surface area (Å²) in [5.41, 5.74) is 3.80. The summed E-state index contributed by atoms with van der Waals surface area (Å²) in [6.45, 7) is 9.38. The van der Waals surface area contributed by atoms with Crippen LogP contribution in [0.4, 0.5) is 5.69 Å². The number of hydrogen-bond donors (Lipinski definition) is 1. The molecule has 156 valence electrons. The third-order valence-corrected chi connectivity index (χ3v) is 5.46. The van der Waals surface area contributed by atoms with Crippen LogP contribution in [0.5, 0.6) is 10.8 Å². The maximum Gasteiger partial charge on any atom is 0.197 e. The minimum atomic E-state index is -0.502. The summed E-state index contributed by atoms with van der Waals surface area (Å²) < 4.78 is 11.6. The Bertz CT molecular complexity index is 708. The van der Waals surface area contributed by atoms with Crippen molar-refractivity contribution in [2.75, 3.05) is 50.8 Å². The lowest BCUT2D eigenvalue weighted by Gasteiger charge is -2.37. The lowest BCUT2D eigenvalue weighted by molar-refractivity contribution is 0.0673. The van der Waals surface area contributed by atoms with Crippen LogP contribution in [0.1, 0.15) is 19.0 Å². The zero-order valence-corrected chi connectivity index (χ0v) is 18.2. The number of aryl methyl sites for hydroxylation is 1. The summed E-state index contributed by atoms with van der Waals surface area (Å²) >= 11 is 1.47. The lowest BCUT2D eigenvalue weighted by Crippen LogP contribution is -2.49. The van der Waals surface area contributed by atoms with E-state index in [2.05, 4.69) is 33.8 Å². The smallest absolute Gasteiger partial charge is 0.197 e. The van der Waals surface area contributed by atoms with Crippen LogP contribution in [0.3, 0.4) is 0 Å². The summed E-state index contributed by atoms with van der Waals surface area (Å²) in [7, 11) is 0. The second-order valence-electron chi connectivity index (χ2n) is 6.79. The molecule has 1 aromatic carbocycles. The van der Waals surface area contributed by atoms with Crippen molar-refractivity contribution in [3.63, 3.8) is 0 Å². The number of para-hydroxylation sites is 2. The number of hydrogen-bond acceptors (Lipinski definition) is 7. The van der Waals surface area contributed by atoms with E-state index in [1.54, 1.807) is 5.51 Å². The molecule has 0 aliphatic carbocycles. The number of rotatable bonds is 9. The van der Waals surface area contributed by atoms with Crippen molar-refractivity contribution in [3.8, 4) is 10.8 Å². The number of aromatic nitrogens is 1. The number of aliphatic hydroxyl groups is 1. The van der Waals surface area contributed by atoms with Crippen LogP contribution in [0.15, 0.2) is 29.8 Å². The van der Waals surface area contributed by atoms with Crippen molar-refractivity contribution >= 4 is 29.4 Å². The molecule has 0 radical (unpaired) electrons. The van der Waals surface area contributed by atoms with Crippen LogP contribution in [-0.4, -0.2) is 67.0 Å². The minimum absolute atomic E-state index is 0. The number of benzene rings is 1. The average Bonchev–Trinajstić information content (AvgIpc) is 3.10. The van der Waals surface area contributed by atoms with Gasteiger partial charge >= 0.3 is 0 Å². The van der Waals surface area contributed by atoms with Crippen LogP contribution in [0.25, 0.3) is 0 Å². The van der Waals surface area contributed by atoms with Gasteiger partial charge in [0.2, 0.25) is 0 Å². The number of ether oxygens (including phenoxy) is 2. The standard InChI is InChI=1S/C20H29N3O3S.ClH/c1-3-12-25-19-7-5-4-6-18(19)23-10-8-22(9-11-23)13-17(24)14-26-20-16(2)21-15-27-20;/h4-7,15,17,24H,3,8-14H2,1-2H3;1H. The monoisotopic (exact) mass is 427 g/mol. The second-order valence-corrected chi connectivity index (χ2v) is 7.61. The molecule has 1 fully saturated rings. The molecule has 2 heterocycles. The van der Waals surface area contributed by atoms with Crippen molar-refractivity contribution in [1.29, 1.82) is 0 Å². The molecule has 0 amide bonds. The van der Waals surface area contributed by atoms with Crippen molar-refractivity contribution in [2.24, 2.45) is 0 Å². The van der Waals surface area contributed by atoms with Crippen LogP contribution in [0, 0.1) is 6.92 Å². The summed E-state index contributed by atoms with van der Waals surface area (Å²) in [6.07, 6.45) is 0.501. The molecule has 0 saturated carbocycles. The number of thiazole rings is 1. The Morgan fingerprint density at radius 3 is 2.61 bits per heavy atom. The molecule has 1 saturated heterocycles. The Balaban J connectivity index is 0.00000280. The molecule has 8 heteroatoms. The van der Waals surface area contributed by atoms with Gasteiger partial charge in [-0.2, -0.15) is 0 Å². The molecule has 28 heavy (non-hydrogen) atoms. The molecule has 3 rings (SSSR count). The van der Waals surface area contributed by atoms with E-state index < -0.39 is 6.10 Å². The van der Waals surface area contributed by atoms with E-state index in [1.807, 2.05) is 19.1 Å². The minimum Gasteiger partial charge on any atom is -0.491 e. The first kappa shape index (κ1) is 22.7. The van der Waals surface area contributed by atoms with Gasteiger partial charge in [-0.1, -0.05) is 30.4 Å². The molecule has 1 aliphatic heterocycles. The molecule has 2 aromatic rings. The van der Waals surface area contributed by atoms with Gasteiger partial charge in [0.1, 0.15) is 18.5 Å². The molecule has 1 unspecified atom stereocenters. The maximum absolute atomic E-state index is 10.3. The highest BCUT2D eigenvalue weighted by Gasteiger charge is 2.21. The molecule has 1 aliphatic rings. The SMILES string of the molecule is CCCOc1ccccc1N1CCN(CC(O)COc2scnc2C)CC1.Cl. The zero-order chi connectivity index (χ0) is 19.1. The quantitative estimate of drug-likeness (QED) is 0.663. The molecule has 1 N–H and O–H groups in total. The predicted octanol–water partition coefficient (Wildman–Crippen LogP) is 3.22. The van der Waals surface area contributed by atoms with Gasteiger partial charge in [-0.25, -0.2) is 4.98 Å². The number of nitrogens with zero attached hydrogens (tertiary/aromatic N) is 3. The Morgan fingerprint density at radius 2 is 1.93 bits per heavy atom. The molecule has 0 bridgehead atoms. The normalized spacial score (nSPS) is 15.8. The lowest BCUT2D eigenvalue weighted by atomic mass is 10.2. The van der Waals surface area contributed by atoms with Gasteiger partial charge in [-0.15, -0.1) is 12.4 Å². The molecule has 1 atom stereocenters. The van der Waals surface area contributed by atoms with E-state index in [-0.39, 0.29) is 12.4 Å². The van der Waals surface area contributed by atoms with Gasteiger partial charge in [0, 0.05) is 32.7 Å². The Hall–Kier alpha value is -1.54. The van der Waals surface area contributed by atoms with Gasteiger partial charge in [0.25, 0.3) is 0 Å². The van der Waals surface area contributed by atoms with Crippen molar-refractivity contribution in [2.45, 2.75) is 26.4 Å². The summed E-state index contributed by atoms with van der Waals surface area (Å²) in [5, 5.41) is 11.1. The predicted molar refractivity (Wildman–Crippen MR) is 116 cm³/mol. The number of halogens is 1. The second kappa shape index (κ2) is 11.5. The van der Waals surface area contributed by atoms with E-state index in [0.29, 0.717) is 13.2 Å². The van der Waals surface area contributed by atoms with Crippen LogP contribution < -0.4 is 14.4 Å². The maximum atomic E-state index is 10.3. The van der Waals surface area contributed by atoms with E-state index in [1.165, 1.54) is 11.3 Å². The third-order valence-electron chi connectivity index (χ3n) is 4.62. The van der Waals surface area contributed by atoms with Crippen molar-refractivity contribution in [1.82, 2.24) is 9.88 Å². The van der Waals surface area contributed by atoms with Gasteiger partial charge < -0.3 is 19.5 Å². The number of β-amino-alcohol motifs (C(OH)–C–C–N with tert-alkyl or cyclic N) is 1. The van der Waals surface area contributed by atoms with Crippen LogP contribution in [-0.2, 0) is 0 Å². The first-order valence-electron chi connectivity index (χ1n) is 9.57. The Kier molecular flexibility index (Phi) is 9.31. The highest BCUT2D eigenvalue weighted by molar-refractivity contribution is 7.11. The number of piperazine rings is 1. The summed E-state index contributed by atoms with van der Waals surface area (Å²) in [4.78, 5) is 8.82. The topological polar surface area (TPSA) is 58.1 Å². The molecular formula is C20H30ClN3O3S. The zero-order valence-electron chi connectivity index (χ0n) is 16.5. The van der Waals surface area contributed by atoms with Gasteiger partial charge in [0.05, 0.1) is 23.5 Å². The number of aliphatic hydroxyl groups excluding tert-OH is 1. The van der Waals surface area contributed by atoms with E-state index in [0.717, 1.165) is 61.4 Å². The highest BCUT2D eigenvalue weighted by Crippen LogP contribution is 2.29. The fourth-order valence-electron chi connectivity index (χ4n) is 3.18. The summed E-state index contributed by atoms with van der Waals surface area (Å²) in [6, 6.07) is 8.25. The Labute approximate surface area is 177 Å². The highest BCUT2D eigenvalue weighted by atomic mass is 35.5. The van der Waals surface area contributed by atoms with Crippen LogP contribution >= 0.6 is 23.7 Å². The van der Waals surface area contributed by atoms with Gasteiger partial charge in [-0.05, 0) is 25.5 Å². The van der Waals surface area contributed by atoms with Gasteiger partial charge in [-0.3, -0.25) is 4.90 Å². The van der Waals surface area contributed by atoms with E-state index in [4.69, 9.17) is 9.47 Å². The largest absolute Gasteiger partial charge is 0.491 e.